The largest absolute Gasteiger partial charge is 0.494 e. The van der Waals surface area contributed by atoms with Crippen molar-refractivity contribution in [2.75, 3.05) is 23.8 Å². The minimum Gasteiger partial charge on any atom is -0.494 e. The molecule has 0 radical (unpaired) electrons. The maximum Gasteiger partial charge on any atom is 0.329 e. The lowest BCUT2D eigenvalue weighted by molar-refractivity contribution is -0.136. The van der Waals surface area contributed by atoms with Gasteiger partial charge in [0.1, 0.15) is 11.5 Å². The predicted octanol–water partition coefficient (Wildman–Crippen LogP) is 3.75. The fourth-order valence-corrected chi connectivity index (χ4v) is 3.18. The lowest BCUT2D eigenvalue weighted by Crippen LogP contribution is -2.32. The fourth-order valence-electron chi connectivity index (χ4n) is 3.18. The molecule has 0 bridgehead atoms. The summed E-state index contributed by atoms with van der Waals surface area (Å²) in [6, 6.07) is 21.1. The molecule has 0 aromatic heterocycles. The zero-order chi connectivity index (χ0) is 25.8. The van der Waals surface area contributed by atoms with E-state index in [0.717, 1.165) is 17.7 Å². The van der Waals surface area contributed by atoms with Crippen LogP contribution in [0.25, 0.3) is 0 Å². The molecule has 0 saturated carbocycles. The number of carbonyl (C=O) groups is 3. The number of rotatable bonds is 10. The van der Waals surface area contributed by atoms with Gasteiger partial charge in [-0.25, -0.2) is 5.43 Å². The van der Waals surface area contributed by atoms with Gasteiger partial charge >= 0.3 is 11.8 Å². The summed E-state index contributed by atoms with van der Waals surface area (Å²) in [5.41, 5.74) is 4.95. The van der Waals surface area contributed by atoms with Gasteiger partial charge in [0, 0.05) is 11.4 Å². The molecule has 3 aromatic rings. The molecule has 9 heteroatoms. The van der Waals surface area contributed by atoms with Crippen LogP contribution in [-0.4, -0.2) is 37.1 Å². The molecule has 36 heavy (non-hydrogen) atoms. The lowest BCUT2D eigenvalue weighted by atomic mass is 10.1. The Labute approximate surface area is 209 Å². The number of ether oxygens (including phenoxy) is 2. The summed E-state index contributed by atoms with van der Waals surface area (Å²) in [7, 11) is 0. The minimum atomic E-state index is -0.893. The van der Waals surface area contributed by atoms with E-state index >= 15 is 0 Å². The number of hydrazone groups is 1. The quantitative estimate of drug-likeness (QED) is 0.228. The third kappa shape index (κ3) is 7.98. The number of anilines is 2. The Balaban J connectivity index is 1.47. The molecule has 0 saturated heterocycles. The smallest absolute Gasteiger partial charge is 0.329 e. The number of nitrogens with one attached hydrogen (secondary N) is 3. The monoisotopic (exact) mass is 488 g/mol. The minimum absolute atomic E-state index is 0.191. The average molecular weight is 489 g/mol. The number of carbonyl (C=O) groups excluding carboxylic acids is 3. The zero-order valence-corrected chi connectivity index (χ0v) is 20.1. The number of nitrogens with zero attached hydrogens (tertiary/aromatic N) is 1. The van der Waals surface area contributed by atoms with E-state index in [0.29, 0.717) is 29.3 Å². The molecule has 0 heterocycles. The third-order valence-electron chi connectivity index (χ3n) is 4.91. The van der Waals surface area contributed by atoms with Gasteiger partial charge in [-0.05, 0) is 66.9 Å². The number of hydrogen-bond donors (Lipinski definition) is 3. The van der Waals surface area contributed by atoms with Crippen LogP contribution in [0.1, 0.15) is 25.0 Å². The summed E-state index contributed by atoms with van der Waals surface area (Å²) in [4.78, 5) is 36.4. The highest BCUT2D eigenvalue weighted by Gasteiger charge is 2.14. The molecule has 3 rings (SSSR count). The van der Waals surface area contributed by atoms with Crippen molar-refractivity contribution >= 4 is 35.3 Å². The summed E-state index contributed by atoms with van der Waals surface area (Å²) in [5.74, 6) is -0.856. The normalized spacial score (nSPS) is 10.5. The molecular weight excluding hydrogens is 460 g/mol. The van der Waals surface area contributed by atoms with Gasteiger partial charge in [-0.1, -0.05) is 37.3 Å². The fraction of sp³-hybridized carbons (Fsp3) is 0.185. The highest BCUT2D eigenvalue weighted by atomic mass is 16.5. The zero-order valence-electron chi connectivity index (χ0n) is 20.1. The first-order valence-electron chi connectivity index (χ1n) is 11.5. The summed E-state index contributed by atoms with van der Waals surface area (Å²) in [5, 5.41) is 9.16. The molecule has 0 fully saturated rings. The van der Waals surface area contributed by atoms with Gasteiger partial charge in [0.05, 0.1) is 12.8 Å². The molecule has 0 spiro atoms. The summed E-state index contributed by atoms with van der Waals surface area (Å²) in [6.45, 7) is 4.24. The van der Waals surface area contributed by atoms with E-state index in [1.54, 1.807) is 60.7 Å². The van der Waals surface area contributed by atoms with Gasteiger partial charge in [0.15, 0.2) is 6.61 Å². The molecule has 186 valence electrons. The van der Waals surface area contributed by atoms with Crippen molar-refractivity contribution in [3.8, 4) is 11.5 Å². The van der Waals surface area contributed by atoms with Crippen LogP contribution in [0.5, 0.6) is 11.5 Å². The van der Waals surface area contributed by atoms with E-state index in [2.05, 4.69) is 21.2 Å². The number of benzene rings is 3. The van der Waals surface area contributed by atoms with Crippen molar-refractivity contribution in [3.63, 3.8) is 0 Å². The summed E-state index contributed by atoms with van der Waals surface area (Å²) >= 11 is 0. The Morgan fingerprint density at radius 2 is 1.61 bits per heavy atom. The molecule has 0 aliphatic carbocycles. The van der Waals surface area contributed by atoms with Crippen LogP contribution in [-0.2, 0) is 20.8 Å². The van der Waals surface area contributed by atoms with E-state index < -0.39 is 11.8 Å². The van der Waals surface area contributed by atoms with Gasteiger partial charge in [0.2, 0.25) is 0 Å². The first-order valence-corrected chi connectivity index (χ1v) is 11.5. The summed E-state index contributed by atoms with van der Waals surface area (Å²) < 4.78 is 10.9. The van der Waals surface area contributed by atoms with Crippen LogP contribution in [0.2, 0.25) is 0 Å². The van der Waals surface area contributed by atoms with Gasteiger partial charge in [-0.2, -0.15) is 5.10 Å². The van der Waals surface area contributed by atoms with E-state index in [-0.39, 0.29) is 12.5 Å². The molecule has 0 aliphatic rings. The van der Waals surface area contributed by atoms with Crippen molar-refractivity contribution in [2.24, 2.45) is 5.10 Å². The maximum absolute atomic E-state index is 12.2. The second-order valence-corrected chi connectivity index (χ2v) is 7.53. The van der Waals surface area contributed by atoms with Gasteiger partial charge in [-0.15, -0.1) is 0 Å². The Morgan fingerprint density at radius 1 is 0.833 bits per heavy atom. The van der Waals surface area contributed by atoms with Gasteiger partial charge in [0.25, 0.3) is 5.91 Å². The van der Waals surface area contributed by atoms with Crippen LogP contribution in [0, 0.1) is 0 Å². The number of hydrogen-bond acceptors (Lipinski definition) is 6. The third-order valence-corrected chi connectivity index (χ3v) is 4.91. The van der Waals surface area contributed by atoms with Crippen LogP contribution < -0.4 is 25.5 Å². The summed E-state index contributed by atoms with van der Waals surface area (Å²) in [6.07, 6.45) is 2.09. The number of aryl methyl sites for hydroxylation is 1. The van der Waals surface area contributed by atoms with E-state index in [4.69, 9.17) is 9.47 Å². The highest BCUT2D eigenvalue weighted by molar-refractivity contribution is 6.39. The van der Waals surface area contributed by atoms with Crippen molar-refractivity contribution in [2.45, 2.75) is 20.3 Å². The molecule has 3 aromatic carbocycles. The lowest BCUT2D eigenvalue weighted by Gasteiger charge is -2.09. The molecule has 0 aliphatic heterocycles. The van der Waals surface area contributed by atoms with Crippen LogP contribution in [0.15, 0.2) is 77.9 Å². The second kappa shape index (κ2) is 13.3. The predicted molar refractivity (Wildman–Crippen MR) is 138 cm³/mol. The first kappa shape index (κ1) is 26.0. The molecule has 0 atom stereocenters. The van der Waals surface area contributed by atoms with E-state index in [1.807, 2.05) is 26.0 Å². The molecular formula is C27H28N4O5. The van der Waals surface area contributed by atoms with Gasteiger partial charge < -0.3 is 20.1 Å². The molecule has 3 N–H and O–H groups in total. The average Bonchev–Trinajstić information content (AvgIpc) is 2.89. The second-order valence-electron chi connectivity index (χ2n) is 7.53. The number of amides is 3. The maximum atomic E-state index is 12.2. The van der Waals surface area contributed by atoms with Crippen molar-refractivity contribution < 1.29 is 23.9 Å². The van der Waals surface area contributed by atoms with E-state index in [1.165, 1.54) is 6.21 Å². The van der Waals surface area contributed by atoms with Crippen molar-refractivity contribution in [1.29, 1.82) is 0 Å². The Hall–Kier alpha value is -4.66. The first-order chi connectivity index (χ1) is 17.5. The Bertz CT molecular complexity index is 1220. The SMILES string of the molecule is CCOc1ccc(NC(=O)COc2cccc(/C=N\NC(=O)C(=O)Nc3ccccc3CC)c2)cc1. The van der Waals surface area contributed by atoms with Gasteiger partial charge in [-0.3, -0.25) is 14.4 Å². The van der Waals surface area contributed by atoms with Crippen molar-refractivity contribution in [3.05, 3.63) is 83.9 Å². The van der Waals surface area contributed by atoms with Crippen LogP contribution in [0.3, 0.4) is 0 Å². The van der Waals surface area contributed by atoms with E-state index in [9.17, 15) is 14.4 Å². The molecule has 9 nitrogen and oxygen atoms in total. The van der Waals surface area contributed by atoms with Crippen LogP contribution >= 0.6 is 0 Å². The number of para-hydroxylation sites is 1. The standard InChI is InChI=1S/C27H28N4O5/c1-3-20-9-5-6-11-24(20)30-26(33)27(34)31-28-17-19-8-7-10-23(16-19)36-18-25(32)29-21-12-14-22(15-13-21)35-4-2/h5-17H,3-4,18H2,1-2H3,(H,29,32)(H,30,33)(H,31,34)/b28-17-. The topological polar surface area (TPSA) is 118 Å². The molecule has 3 amide bonds. The Kier molecular flexibility index (Phi) is 9.58. The van der Waals surface area contributed by atoms with Crippen molar-refractivity contribution in [1.82, 2.24) is 5.43 Å². The van der Waals surface area contributed by atoms with Crippen LogP contribution in [0.4, 0.5) is 11.4 Å². The Morgan fingerprint density at radius 3 is 2.36 bits per heavy atom. The molecule has 0 unspecified atom stereocenters. The highest BCUT2D eigenvalue weighted by Crippen LogP contribution is 2.17.